The molecule has 11 heteroatoms. The van der Waals surface area contributed by atoms with Crippen LogP contribution in [-0.2, 0) is 23.8 Å². The predicted molar refractivity (Wildman–Crippen MR) is 119 cm³/mol. The minimum absolute atomic E-state index is 0.173. The van der Waals surface area contributed by atoms with Gasteiger partial charge in [-0.1, -0.05) is 6.92 Å². The van der Waals surface area contributed by atoms with Gasteiger partial charge in [0.25, 0.3) is 0 Å². The Morgan fingerprint density at radius 3 is 2.67 bits per heavy atom. The zero-order valence-corrected chi connectivity index (χ0v) is 19.9. The summed E-state index contributed by atoms with van der Waals surface area (Å²) in [6, 6.07) is 1.75. The molecule has 0 radical (unpaired) electrons. The number of hydrogen-bond acceptors (Lipinski definition) is 10. The van der Waals surface area contributed by atoms with Crippen LogP contribution in [0.25, 0.3) is 0 Å². The third kappa shape index (κ3) is 3.89. The van der Waals surface area contributed by atoms with Gasteiger partial charge in [-0.25, -0.2) is 4.79 Å². The lowest BCUT2D eigenvalue weighted by molar-refractivity contribution is -0.311. The van der Waals surface area contributed by atoms with Gasteiger partial charge in [-0.05, 0) is 49.2 Å². The summed E-state index contributed by atoms with van der Waals surface area (Å²) in [5, 5.41) is 50.4. The lowest BCUT2D eigenvalue weighted by Gasteiger charge is -2.51. The zero-order valence-electron chi connectivity index (χ0n) is 19.9. The molecule has 0 aromatic carbocycles. The molecule has 3 heterocycles. The summed E-state index contributed by atoms with van der Waals surface area (Å²) < 4.78 is 22.6. The highest BCUT2D eigenvalue weighted by atomic mass is 16.7. The molecular formula is C25H32O11. The summed E-state index contributed by atoms with van der Waals surface area (Å²) >= 11 is 0. The third-order valence-corrected chi connectivity index (χ3v) is 8.53. The molecule has 2 aliphatic heterocycles. The fraction of sp³-hybridized carbons (Fsp3) is 0.680. The number of fused-ring (bicyclic) bond motifs is 2. The first-order valence-electron chi connectivity index (χ1n) is 12.3. The van der Waals surface area contributed by atoms with Gasteiger partial charge in [-0.15, -0.1) is 0 Å². The van der Waals surface area contributed by atoms with Gasteiger partial charge >= 0.3 is 11.9 Å². The fourth-order valence-corrected chi connectivity index (χ4v) is 6.65. The monoisotopic (exact) mass is 508 g/mol. The van der Waals surface area contributed by atoms with Crippen molar-refractivity contribution in [3.8, 4) is 0 Å². The van der Waals surface area contributed by atoms with Crippen molar-refractivity contribution in [2.45, 2.75) is 81.9 Å². The molecule has 0 amide bonds. The van der Waals surface area contributed by atoms with Crippen LogP contribution >= 0.6 is 0 Å². The number of rotatable bonds is 5. The molecule has 0 bridgehead atoms. The Labute approximate surface area is 207 Å². The number of aliphatic hydroxyl groups is 4. The van der Waals surface area contributed by atoms with E-state index in [1.807, 2.05) is 6.92 Å². The largest absolute Gasteiger partial charge is 0.478 e. The first-order chi connectivity index (χ1) is 17.2. The van der Waals surface area contributed by atoms with E-state index in [9.17, 15) is 35.1 Å². The van der Waals surface area contributed by atoms with E-state index in [1.165, 1.54) is 12.5 Å². The Bertz CT molecular complexity index is 1020. The molecule has 11 nitrogen and oxygen atoms in total. The average molecular weight is 509 g/mol. The molecule has 1 saturated carbocycles. The number of aliphatic hydroxyl groups excluding tert-OH is 4. The van der Waals surface area contributed by atoms with E-state index in [4.69, 9.17) is 18.6 Å². The van der Waals surface area contributed by atoms with Crippen molar-refractivity contribution in [3.05, 3.63) is 35.3 Å². The van der Waals surface area contributed by atoms with Crippen molar-refractivity contribution in [3.63, 3.8) is 0 Å². The highest BCUT2D eigenvalue weighted by Crippen LogP contribution is 2.61. The smallest absolute Gasteiger partial charge is 0.331 e. The number of carboxylic acids is 1. The summed E-state index contributed by atoms with van der Waals surface area (Å²) in [6.45, 7) is 1.30. The predicted octanol–water partition coefficient (Wildman–Crippen LogP) is 0.660. The van der Waals surface area contributed by atoms with E-state index in [2.05, 4.69) is 0 Å². The molecule has 10 atom stereocenters. The molecule has 1 aromatic heterocycles. The summed E-state index contributed by atoms with van der Waals surface area (Å²) in [6.07, 6.45) is -3.53. The number of carbonyl (C=O) groups excluding carboxylic acids is 1. The van der Waals surface area contributed by atoms with Crippen LogP contribution in [0.2, 0.25) is 0 Å². The van der Waals surface area contributed by atoms with E-state index in [0.29, 0.717) is 31.3 Å². The van der Waals surface area contributed by atoms with Gasteiger partial charge in [0.05, 0.1) is 30.7 Å². The minimum Gasteiger partial charge on any atom is -0.478 e. The normalized spacial score (nSPS) is 42.9. The van der Waals surface area contributed by atoms with Crippen LogP contribution in [-0.4, -0.2) is 80.9 Å². The van der Waals surface area contributed by atoms with Crippen LogP contribution in [0.1, 0.15) is 50.7 Å². The molecule has 5 N–H and O–H groups in total. The molecule has 3 fully saturated rings. The Kier molecular flexibility index (Phi) is 6.73. The van der Waals surface area contributed by atoms with Crippen molar-refractivity contribution in [2.24, 2.45) is 17.3 Å². The van der Waals surface area contributed by atoms with Crippen LogP contribution in [0.15, 0.2) is 34.2 Å². The Balaban J connectivity index is 1.50. The zero-order chi connectivity index (χ0) is 25.8. The van der Waals surface area contributed by atoms with E-state index in [0.717, 1.165) is 5.56 Å². The Morgan fingerprint density at radius 2 is 2.00 bits per heavy atom. The number of carboxylic acid groups (broad SMARTS) is 1. The van der Waals surface area contributed by atoms with Crippen molar-refractivity contribution in [1.29, 1.82) is 0 Å². The molecule has 1 aromatic rings. The lowest BCUT2D eigenvalue weighted by atomic mass is 9.53. The second-order valence-corrected chi connectivity index (χ2v) is 10.3. The van der Waals surface area contributed by atoms with E-state index in [1.54, 1.807) is 6.07 Å². The van der Waals surface area contributed by atoms with Crippen LogP contribution < -0.4 is 0 Å². The van der Waals surface area contributed by atoms with Crippen molar-refractivity contribution in [1.82, 2.24) is 0 Å². The van der Waals surface area contributed by atoms with E-state index in [-0.39, 0.29) is 23.9 Å². The van der Waals surface area contributed by atoms with E-state index < -0.39 is 66.8 Å². The molecule has 36 heavy (non-hydrogen) atoms. The molecule has 5 rings (SSSR count). The lowest BCUT2D eigenvalue weighted by Crippen LogP contribution is -2.60. The van der Waals surface area contributed by atoms with Gasteiger partial charge in [0.15, 0.2) is 6.29 Å². The second-order valence-electron chi connectivity index (χ2n) is 10.3. The summed E-state index contributed by atoms with van der Waals surface area (Å²) in [5.41, 5.74) is 0.445. The van der Waals surface area contributed by atoms with Crippen LogP contribution in [0, 0.1) is 17.3 Å². The number of carbonyl (C=O) groups is 2. The molecule has 0 unspecified atom stereocenters. The number of ether oxygens (including phenoxy) is 3. The number of cyclic esters (lactones) is 1. The van der Waals surface area contributed by atoms with Gasteiger partial charge in [-0.2, -0.15) is 0 Å². The summed E-state index contributed by atoms with van der Waals surface area (Å²) in [4.78, 5) is 25.8. The van der Waals surface area contributed by atoms with Crippen molar-refractivity contribution < 1.29 is 53.7 Å². The van der Waals surface area contributed by atoms with Gasteiger partial charge in [-0.3, -0.25) is 4.79 Å². The summed E-state index contributed by atoms with van der Waals surface area (Å²) in [5.74, 6) is -2.19. The van der Waals surface area contributed by atoms with Gasteiger partial charge in [0.1, 0.15) is 30.5 Å². The van der Waals surface area contributed by atoms with Gasteiger partial charge in [0.2, 0.25) is 0 Å². The fourth-order valence-electron chi connectivity index (χ4n) is 6.65. The topological polar surface area (TPSA) is 176 Å². The van der Waals surface area contributed by atoms with Gasteiger partial charge < -0.3 is 44.2 Å². The summed E-state index contributed by atoms with van der Waals surface area (Å²) in [7, 11) is 0. The maximum absolute atomic E-state index is 13.5. The Hall–Kier alpha value is -2.28. The van der Waals surface area contributed by atoms with E-state index >= 15 is 0 Å². The van der Waals surface area contributed by atoms with Crippen molar-refractivity contribution in [2.75, 3.05) is 6.61 Å². The van der Waals surface area contributed by atoms with Crippen LogP contribution in [0.3, 0.4) is 0 Å². The molecular weight excluding hydrogens is 476 g/mol. The maximum Gasteiger partial charge on any atom is 0.331 e. The molecule has 2 aliphatic carbocycles. The highest BCUT2D eigenvalue weighted by Gasteiger charge is 2.63. The van der Waals surface area contributed by atoms with Gasteiger partial charge in [0, 0.05) is 17.6 Å². The van der Waals surface area contributed by atoms with Crippen LogP contribution in [0.4, 0.5) is 0 Å². The number of esters is 1. The molecule has 4 aliphatic rings. The first kappa shape index (κ1) is 25.4. The highest BCUT2D eigenvalue weighted by molar-refractivity contribution is 5.89. The third-order valence-electron chi connectivity index (χ3n) is 8.53. The first-order valence-corrected chi connectivity index (χ1v) is 12.3. The second kappa shape index (κ2) is 9.55. The quantitative estimate of drug-likeness (QED) is 0.353. The number of aliphatic carboxylic acids is 1. The van der Waals surface area contributed by atoms with Crippen LogP contribution in [0.5, 0.6) is 0 Å². The Morgan fingerprint density at radius 1 is 1.22 bits per heavy atom. The standard InChI is InChI=1S/C25H32O11/c1-11-7-15(34-23-21(29)20(28)19(27)17(9-26)35-23)18-13(22(30)31)3-2-4-14(18)25(11)8-16(36-24(25)32)12-5-6-33-10-12/h5-6,10-11,14-17,19-21,23,26-29H,2-4,7-9H2,1H3,(H,30,31)/t11-,14+,15-,16+,17-,19-,20+,21-,23-,25-/m1/s1. The minimum atomic E-state index is -1.62. The molecule has 2 saturated heterocycles. The van der Waals surface area contributed by atoms with Crippen molar-refractivity contribution >= 4 is 11.9 Å². The average Bonchev–Trinajstić information content (AvgIpc) is 3.51. The molecule has 198 valence electrons. The number of furan rings is 1. The maximum atomic E-state index is 13.5. The molecule has 1 spiro atoms. The SMILES string of the molecule is C[C@@H]1C[C@@H](O[C@@H]2O[C@H](CO)[C@@H](O)[C@H](O)[C@H]2O)C2=C(C(=O)O)CCC[C@@H]2[C@@]12C[C@@H](c1ccoc1)OC2=O. The number of hydrogen-bond donors (Lipinski definition) is 5.